The summed E-state index contributed by atoms with van der Waals surface area (Å²) in [6, 6.07) is 3.63. The molecular formula is C14H16BrN3O2S. The average molecular weight is 370 g/mol. The van der Waals surface area contributed by atoms with Crippen molar-refractivity contribution < 1.29 is 9.47 Å². The van der Waals surface area contributed by atoms with Gasteiger partial charge in [-0.05, 0) is 52.8 Å². The molecule has 0 saturated carbocycles. The predicted molar refractivity (Wildman–Crippen MR) is 92.0 cm³/mol. The number of nitrogens with zero attached hydrogens (tertiary/aromatic N) is 1. The minimum absolute atomic E-state index is 0.168. The molecule has 5 nitrogen and oxygen atoms in total. The second-order valence-electron chi connectivity index (χ2n) is 3.76. The number of halogens is 1. The summed E-state index contributed by atoms with van der Waals surface area (Å²) in [5.74, 6) is 3.54. The van der Waals surface area contributed by atoms with Crippen LogP contribution in [0.25, 0.3) is 0 Å². The summed E-state index contributed by atoms with van der Waals surface area (Å²) in [6.45, 7) is 2.86. The number of rotatable bonds is 6. The van der Waals surface area contributed by atoms with Crippen LogP contribution in [0, 0.1) is 12.3 Å². The SMILES string of the molecule is C#CCOc1c(Br)cc(/C=N\NC(=S)NCC)cc1OC. The lowest BCUT2D eigenvalue weighted by atomic mass is 10.2. The molecule has 112 valence electrons. The molecule has 1 aromatic carbocycles. The molecule has 0 aliphatic rings. The minimum atomic E-state index is 0.168. The summed E-state index contributed by atoms with van der Waals surface area (Å²) < 4.78 is 11.5. The van der Waals surface area contributed by atoms with E-state index in [1.54, 1.807) is 19.4 Å². The molecule has 0 aromatic heterocycles. The van der Waals surface area contributed by atoms with Crippen molar-refractivity contribution in [3.63, 3.8) is 0 Å². The van der Waals surface area contributed by atoms with Crippen LogP contribution < -0.4 is 20.2 Å². The lowest BCUT2D eigenvalue weighted by Gasteiger charge is -2.11. The van der Waals surface area contributed by atoms with Crippen LogP contribution in [-0.4, -0.2) is 31.6 Å². The van der Waals surface area contributed by atoms with E-state index in [-0.39, 0.29) is 6.61 Å². The van der Waals surface area contributed by atoms with E-state index >= 15 is 0 Å². The van der Waals surface area contributed by atoms with E-state index in [0.29, 0.717) is 16.6 Å². The van der Waals surface area contributed by atoms with Crippen molar-refractivity contribution in [2.24, 2.45) is 5.10 Å². The molecular weight excluding hydrogens is 354 g/mol. The normalized spacial score (nSPS) is 10.0. The third-order valence-electron chi connectivity index (χ3n) is 2.27. The van der Waals surface area contributed by atoms with Gasteiger partial charge in [-0.25, -0.2) is 0 Å². The van der Waals surface area contributed by atoms with Gasteiger partial charge in [-0.2, -0.15) is 5.10 Å². The Morgan fingerprint density at radius 2 is 2.33 bits per heavy atom. The lowest BCUT2D eigenvalue weighted by Crippen LogP contribution is -2.31. The summed E-state index contributed by atoms with van der Waals surface area (Å²) in [5.41, 5.74) is 3.53. The van der Waals surface area contributed by atoms with Gasteiger partial charge in [0.25, 0.3) is 0 Å². The van der Waals surface area contributed by atoms with Crippen molar-refractivity contribution >= 4 is 39.5 Å². The smallest absolute Gasteiger partial charge is 0.186 e. The molecule has 0 bridgehead atoms. The molecule has 21 heavy (non-hydrogen) atoms. The zero-order valence-corrected chi connectivity index (χ0v) is 14.2. The summed E-state index contributed by atoms with van der Waals surface area (Å²) in [5, 5.41) is 7.44. The highest BCUT2D eigenvalue weighted by Gasteiger charge is 2.10. The number of benzene rings is 1. The molecule has 7 heteroatoms. The largest absolute Gasteiger partial charge is 0.493 e. The molecule has 0 saturated heterocycles. The predicted octanol–water partition coefficient (Wildman–Crippen LogP) is 2.29. The summed E-state index contributed by atoms with van der Waals surface area (Å²) in [7, 11) is 1.56. The van der Waals surface area contributed by atoms with E-state index in [1.807, 2.05) is 13.0 Å². The molecule has 0 amide bonds. The fourth-order valence-corrected chi connectivity index (χ4v) is 2.20. The topological polar surface area (TPSA) is 54.9 Å². The highest BCUT2D eigenvalue weighted by molar-refractivity contribution is 9.10. The van der Waals surface area contributed by atoms with Gasteiger partial charge in [-0.3, -0.25) is 5.43 Å². The fraction of sp³-hybridized carbons (Fsp3) is 0.286. The molecule has 0 atom stereocenters. The summed E-state index contributed by atoms with van der Waals surface area (Å²) in [6.07, 6.45) is 6.81. The fourth-order valence-electron chi connectivity index (χ4n) is 1.43. The van der Waals surface area contributed by atoms with Gasteiger partial charge in [0.1, 0.15) is 6.61 Å². The third kappa shape index (κ3) is 5.61. The van der Waals surface area contributed by atoms with Crippen molar-refractivity contribution in [3.8, 4) is 23.8 Å². The third-order valence-corrected chi connectivity index (χ3v) is 3.09. The maximum atomic E-state index is 5.44. The monoisotopic (exact) mass is 369 g/mol. The number of hydrogen-bond donors (Lipinski definition) is 2. The van der Waals surface area contributed by atoms with Crippen LogP contribution in [0.5, 0.6) is 11.5 Å². The molecule has 0 radical (unpaired) electrons. The number of thiocarbonyl (C=S) groups is 1. The summed E-state index contributed by atoms with van der Waals surface area (Å²) >= 11 is 8.42. The van der Waals surface area contributed by atoms with Gasteiger partial charge in [0.05, 0.1) is 17.8 Å². The first-order valence-electron chi connectivity index (χ1n) is 6.13. The first kappa shape index (κ1) is 17.3. The van der Waals surface area contributed by atoms with Gasteiger partial charge in [0.15, 0.2) is 16.6 Å². The van der Waals surface area contributed by atoms with E-state index in [0.717, 1.165) is 16.6 Å². The van der Waals surface area contributed by atoms with Crippen molar-refractivity contribution in [3.05, 3.63) is 22.2 Å². The van der Waals surface area contributed by atoms with E-state index in [9.17, 15) is 0 Å². The molecule has 2 N–H and O–H groups in total. The van der Waals surface area contributed by atoms with Gasteiger partial charge in [0, 0.05) is 6.54 Å². The Bertz CT molecular complexity index is 570. The van der Waals surface area contributed by atoms with E-state index < -0.39 is 0 Å². The van der Waals surface area contributed by atoms with Crippen LogP contribution in [-0.2, 0) is 0 Å². The van der Waals surface area contributed by atoms with E-state index in [2.05, 4.69) is 37.7 Å². The quantitative estimate of drug-likeness (QED) is 0.348. The molecule has 0 aliphatic heterocycles. The van der Waals surface area contributed by atoms with Crippen LogP contribution >= 0.6 is 28.1 Å². The zero-order chi connectivity index (χ0) is 15.7. The first-order valence-corrected chi connectivity index (χ1v) is 7.33. The molecule has 1 aromatic rings. The molecule has 0 spiro atoms. The maximum absolute atomic E-state index is 5.44. The number of nitrogens with one attached hydrogen (secondary N) is 2. The highest BCUT2D eigenvalue weighted by Crippen LogP contribution is 2.36. The average Bonchev–Trinajstić information content (AvgIpc) is 2.46. The van der Waals surface area contributed by atoms with Gasteiger partial charge < -0.3 is 14.8 Å². The Hall–Kier alpha value is -1.78. The van der Waals surface area contributed by atoms with Crippen molar-refractivity contribution in [1.82, 2.24) is 10.7 Å². The second-order valence-corrected chi connectivity index (χ2v) is 5.02. The first-order chi connectivity index (χ1) is 10.1. The minimum Gasteiger partial charge on any atom is -0.493 e. The number of hydrazone groups is 1. The van der Waals surface area contributed by atoms with Crippen LogP contribution in [0.15, 0.2) is 21.7 Å². The van der Waals surface area contributed by atoms with Gasteiger partial charge in [-0.1, -0.05) is 5.92 Å². The van der Waals surface area contributed by atoms with Crippen LogP contribution in [0.2, 0.25) is 0 Å². The number of ether oxygens (including phenoxy) is 2. The molecule has 1 rings (SSSR count). The van der Waals surface area contributed by atoms with Gasteiger partial charge >= 0.3 is 0 Å². The number of terminal acetylenes is 1. The van der Waals surface area contributed by atoms with Crippen molar-refractivity contribution in [1.29, 1.82) is 0 Å². The van der Waals surface area contributed by atoms with Crippen LogP contribution in [0.1, 0.15) is 12.5 Å². The number of methoxy groups -OCH3 is 1. The molecule has 0 unspecified atom stereocenters. The van der Waals surface area contributed by atoms with Crippen molar-refractivity contribution in [2.75, 3.05) is 20.3 Å². The Labute approximate surface area is 138 Å². The highest BCUT2D eigenvalue weighted by atomic mass is 79.9. The van der Waals surface area contributed by atoms with Crippen LogP contribution in [0.3, 0.4) is 0 Å². The second kappa shape index (κ2) is 9.21. The Balaban J connectivity index is 2.85. The Morgan fingerprint density at radius 1 is 1.57 bits per heavy atom. The zero-order valence-electron chi connectivity index (χ0n) is 11.8. The van der Waals surface area contributed by atoms with Crippen molar-refractivity contribution in [2.45, 2.75) is 6.92 Å². The van der Waals surface area contributed by atoms with Gasteiger partial charge in [-0.15, -0.1) is 6.42 Å². The molecule has 0 heterocycles. The molecule has 0 aliphatic carbocycles. The Kier molecular flexibility index (Phi) is 7.58. The van der Waals surface area contributed by atoms with Gasteiger partial charge in [0.2, 0.25) is 0 Å². The number of hydrogen-bond acceptors (Lipinski definition) is 4. The van der Waals surface area contributed by atoms with Crippen LogP contribution in [0.4, 0.5) is 0 Å². The Morgan fingerprint density at radius 3 is 2.95 bits per heavy atom. The standard InChI is InChI=1S/C14H16BrN3O2S/c1-4-6-20-13-11(15)7-10(8-12(13)19-3)9-17-18-14(21)16-5-2/h1,7-9H,5-6H2,2-3H3,(H2,16,18,21)/b17-9-. The van der Waals surface area contributed by atoms with E-state index in [4.69, 9.17) is 28.1 Å². The van der Waals surface area contributed by atoms with E-state index in [1.165, 1.54) is 0 Å². The lowest BCUT2D eigenvalue weighted by molar-refractivity contribution is 0.329. The summed E-state index contributed by atoms with van der Waals surface area (Å²) in [4.78, 5) is 0. The maximum Gasteiger partial charge on any atom is 0.186 e. The molecule has 0 fully saturated rings.